The first-order chi connectivity index (χ1) is 11.2. The Bertz CT molecular complexity index is 616. The molecular formula is C17H23N3OS2. The fraction of sp³-hybridized carbons (Fsp3) is 0.529. The predicted octanol–water partition coefficient (Wildman–Crippen LogP) is 4.01. The van der Waals surface area contributed by atoms with E-state index in [1.807, 2.05) is 11.4 Å². The highest BCUT2D eigenvalue weighted by Gasteiger charge is 2.17. The number of anilines is 1. The summed E-state index contributed by atoms with van der Waals surface area (Å²) in [4.78, 5) is 20.3. The molecule has 1 saturated heterocycles. The van der Waals surface area contributed by atoms with E-state index >= 15 is 0 Å². The summed E-state index contributed by atoms with van der Waals surface area (Å²) in [6.07, 6.45) is 3.86. The molecule has 1 fully saturated rings. The molecule has 4 nitrogen and oxygen atoms in total. The molecule has 0 spiro atoms. The molecular weight excluding hydrogens is 326 g/mol. The van der Waals surface area contributed by atoms with Gasteiger partial charge >= 0.3 is 0 Å². The van der Waals surface area contributed by atoms with Crippen LogP contribution in [0.1, 0.15) is 36.8 Å². The van der Waals surface area contributed by atoms with Gasteiger partial charge in [-0.05, 0) is 49.7 Å². The number of thiazole rings is 1. The maximum atomic E-state index is 12.0. The van der Waals surface area contributed by atoms with Gasteiger partial charge in [0.1, 0.15) is 0 Å². The molecule has 0 aromatic carbocycles. The van der Waals surface area contributed by atoms with E-state index in [1.165, 1.54) is 29.1 Å². The van der Waals surface area contributed by atoms with Gasteiger partial charge in [-0.1, -0.05) is 13.0 Å². The summed E-state index contributed by atoms with van der Waals surface area (Å²) in [7, 11) is 0. The van der Waals surface area contributed by atoms with Crippen LogP contribution < -0.4 is 5.32 Å². The van der Waals surface area contributed by atoms with Crippen molar-refractivity contribution in [2.24, 2.45) is 5.92 Å². The van der Waals surface area contributed by atoms with Crippen molar-refractivity contribution in [1.29, 1.82) is 0 Å². The minimum Gasteiger partial charge on any atom is -0.302 e. The number of likely N-dealkylation sites (tertiary alicyclic amines) is 1. The molecule has 0 atom stereocenters. The van der Waals surface area contributed by atoms with Crippen molar-refractivity contribution < 1.29 is 4.79 Å². The number of thiophene rings is 1. The summed E-state index contributed by atoms with van der Waals surface area (Å²) in [6.45, 7) is 5.53. The fourth-order valence-electron chi connectivity index (χ4n) is 2.76. The number of rotatable bonds is 6. The molecule has 1 aliphatic heterocycles. The van der Waals surface area contributed by atoms with E-state index < -0.39 is 0 Å². The Morgan fingerprint density at radius 2 is 2.22 bits per heavy atom. The maximum absolute atomic E-state index is 12.0. The normalized spacial score (nSPS) is 16.6. The van der Waals surface area contributed by atoms with Crippen LogP contribution in [0.15, 0.2) is 22.9 Å². The van der Waals surface area contributed by atoms with Gasteiger partial charge in [0.25, 0.3) is 0 Å². The lowest BCUT2D eigenvalue weighted by Crippen LogP contribution is -2.32. The van der Waals surface area contributed by atoms with Gasteiger partial charge in [-0.15, -0.1) is 22.7 Å². The van der Waals surface area contributed by atoms with Crippen LogP contribution in [0.25, 0.3) is 0 Å². The number of aryl methyl sites for hydroxylation is 1. The summed E-state index contributed by atoms with van der Waals surface area (Å²) in [5.41, 5.74) is 1.07. The number of nitrogens with zero attached hydrogens (tertiary/aromatic N) is 2. The highest BCUT2D eigenvalue weighted by Crippen LogP contribution is 2.21. The van der Waals surface area contributed by atoms with E-state index in [4.69, 9.17) is 0 Å². The van der Waals surface area contributed by atoms with E-state index in [0.717, 1.165) is 42.8 Å². The monoisotopic (exact) mass is 349 g/mol. The largest absolute Gasteiger partial charge is 0.302 e. The Kier molecular flexibility index (Phi) is 5.80. The molecule has 2 aromatic heterocycles. The van der Waals surface area contributed by atoms with Crippen molar-refractivity contribution in [2.45, 2.75) is 39.2 Å². The molecule has 2 aromatic rings. The minimum atomic E-state index is 0.0473. The second-order valence-corrected chi connectivity index (χ2v) is 8.12. The van der Waals surface area contributed by atoms with E-state index in [1.54, 1.807) is 11.3 Å². The van der Waals surface area contributed by atoms with Crippen LogP contribution in [0.3, 0.4) is 0 Å². The van der Waals surface area contributed by atoms with Crippen LogP contribution in [0.5, 0.6) is 0 Å². The Morgan fingerprint density at radius 1 is 1.39 bits per heavy atom. The van der Waals surface area contributed by atoms with Gasteiger partial charge in [-0.3, -0.25) is 9.69 Å². The van der Waals surface area contributed by atoms with E-state index in [0.29, 0.717) is 6.42 Å². The van der Waals surface area contributed by atoms with Crippen LogP contribution in [0, 0.1) is 5.92 Å². The Balaban J connectivity index is 1.44. The molecule has 0 radical (unpaired) electrons. The zero-order valence-corrected chi connectivity index (χ0v) is 15.1. The molecule has 0 aliphatic carbocycles. The van der Waals surface area contributed by atoms with Crippen LogP contribution >= 0.6 is 22.7 Å². The lowest BCUT2D eigenvalue weighted by molar-refractivity contribution is -0.116. The third kappa shape index (κ3) is 5.12. The van der Waals surface area contributed by atoms with Gasteiger partial charge in [-0.25, -0.2) is 4.98 Å². The van der Waals surface area contributed by atoms with Gasteiger partial charge in [0.2, 0.25) is 5.91 Å². The molecule has 0 bridgehead atoms. The van der Waals surface area contributed by atoms with Gasteiger partial charge in [0.15, 0.2) is 5.13 Å². The van der Waals surface area contributed by atoms with Crippen LogP contribution in [0.4, 0.5) is 5.13 Å². The van der Waals surface area contributed by atoms with Crippen LogP contribution in [0.2, 0.25) is 0 Å². The van der Waals surface area contributed by atoms with Gasteiger partial charge in [-0.2, -0.15) is 0 Å². The van der Waals surface area contributed by atoms with E-state index in [9.17, 15) is 4.79 Å². The highest BCUT2D eigenvalue weighted by atomic mass is 32.1. The first kappa shape index (κ1) is 16.6. The average molecular weight is 350 g/mol. The predicted molar refractivity (Wildman–Crippen MR) is 97.1 cm³/mol. The first-order valence-corrected chi connectivity index (χ1v) is 9.94. The molecule has 1 N–H and O–H groups in total. The fourth-order valence-corrected chi connectivity index (χ4v) is 4.19. The minimum absolute atomic E-state index is 0.0473. The molecule has 1 aliphatic rings. The summed E-state index contributed by atoms with van der Waals surface area (Å²) in [6, 6.07) is 4.09. The molecule has 6 heteroatoms. The van der Waals surface area contributed by atoms with Crippen LogP contribution in [-0.4, -0.2) is 28.9 Å². The number of hydrogen-bond donors (Lipinski definition) is 1. The lowest BCUT2D eigenvalue weighted by Gasteiger charge is -2.29. The van der Waals surface area contributed by atoms with Gasteiger partial charge in [0, 0.05) is 23.2 Å². The summed E-state index contributed by atoms with van der Waals surface area (Å²) < 4.78 is 0. The second-order valence-electron chi connectivity index (χ2n) is 6.23. The summed E-state index contributed by atoms with van der Waals surface area (Å²) in [5.74, 6) is 0.894. The summed E-state index contributed by atoms with van der Waals surface area (Å²) in [5, 5.41) is 7.75. The number of aromatic nitrogens is 1. The molecule has 3 heterocycles. The number of carbonyl (C=O) groups is 1. The van der Waals surface area contributed by atoms with Crippen molar-refractivity contribution in [2.75, 3.05) is 18.4 Å². The lowest BCUT2D eigenvalue weighted by atomic mass is 9.99. The van der Waals surface area contributed by atoms with E-state index in [-0.39, 0.29) is 5.91 Å². The number of carbonyl (C=O) groups excluding carboxylic acids is 1. The Hall–Kier alpha value is -1.24. The molecule has 0 unspecified atom stereocenters. The molecule has 124 valence electrons. The van der Waals surface area contributed by atoms with Crippen molar-refractivity contribution >= 4 is 33.7 Å². The highest BCUT2D eigenvalue weighted by molar-refractivity contribution is 7.14. The van der Waals surface area contributed by atoms with Crippen molar-refractivity contribution in [3.05, 3.63) is 33.5 Å². The van der Waals surface area contributed by atoms with Crippen LogP contribution in [-0.2, 0) is 17.8 Å². The number of hydrogen-bond acceptors (Lipinski definition) is 5. The van der Waals surface area contributed by atoms with Crippen molar-refractivity contribution in [3.8, 4) is 0 Å². The number of piperidine rings is 1. The number of nitrogens with one attached hydrogen (secondary N) is 1. The number of amides is 1. The smallest absolute Gasteiger partial charge is 0.226 e. The summed E-state index contributed by atoms with van der Waals surface area (Å²) >= 11 is 3.22. The average Bonchev–Trinajstić information content (AvgIpc) is 3.20. The SMILES string of the molecule is CC1CCN(Cc2csc(NC(=O)CCc3cccs3)n2)CC1. The second kappa shape index (κ2) is 8.04. The molecule has 23 heavy (non-hydrogen) atoms. The standard InChI is InChI=1S/C17H23N3OS2/c1-13-6-8-20(9-7-13)11-14-12-23-17(18-14)19-16(21)5-4-15-3-2-10-22-15/h2-3,10,12-13H,4-9,11H2,1H3,(H,18,19,21). The molecule has 3 rings (SSSR count). The van der Waals surface area contributed by atoms with Gasteiger partial charge < -0.3 is 5.32 Å². The maximum Gasteiger partial charge on any atom is 0.226 e. The Labute approximate surface area is 145 Å². The molecule has 1 amide bonds. The zero-order valence-electron chi connectivity index (χ0n) is 13.5. The van der Waals surface area contributed by atoms with Crippen molar-refractivity contribution in [1.82, 2.24) is 9.88 Å². The Morgan fingerprint density at radius 3 is 2.96 bits per heavy atom. The van der Waals surface area contributed by atoms with Crippen molar-refractivity contribution in [3.63, 3.8) is 0 Å². The molecule has 0 saturated carbocycles. The zero-order chi connectivity index (χ0) is 16.1. The van der Waals surface area contributed by atoms with Gasteiger partial charge in [0.05, 0.1) is 5.69 Å². The third-order valence-electron chi connectivity index (χ3n) is 4.24. The topological polar surface area (TPSA) is 45.2 Å². The first-order valence-electron chi connectivity index (χ1n) is 8.18. The van der Waals surface area contributed by atoms with E-state index in [2.05, 4.69) is 33.6 Å². The quantitative estimate of drug-likeness (QED) is 0.857. The third-order valence-corrected chi connectivity index (χ3v) is 5.98.